The first-order valence-electron chi connectivity index (χ1n) is 7.33. The van der Waals surface area contributed by atoms with Gasteiger partial charge in [0, 0.05) is 0 Å². The summed E-state index contributed by atoms with van der Waals surface area (Å²) in [5.74, 6) is -0.453. The molecule has 0 aromatic heterocycles. The topological polar surface area (TPSA) is 56.8 Å². The van der Waals surface area contributed by atoms with Gasteiger partial charge >= 0.3 is 7.60 Å². The van der Waals surface area contributed by atoms with Gasteiger partial charge in [0.1, 0.15) is 5.78 Å². The molecule has 0 spiro atoms. The van der Waals surface area contributed by atoms with Crippen LogP contribution in [0.25, 0.3) is 0 Å². The zero-order valence-corrected chi connectivity index (χ0v) is 14.1. The lowest BCUT2D eigenvalue weighted by Gasteiger charge is -2.29. The first-order valence-corrected chi connectivity index (χ1v) is 8.94. The van der Waals surface area contributed by atoms with E-state index in [2.05, 4.69) is 5.48 Å². The van der Waals surface area contributed by atoms with Crippen molar-refractivity contribution in [2.24, 2.45) is 5.92 Å². The second kappa shape index (κ2) is 9.34. The van der Waals surface area contributed by atoms with Crippen LogP contribution >= 0.6 is 7.60 Å². The molecule has 0 heterocycles. The fourth-order valence-corrected chi connectivity index (χ4v) is 3.96. The summed E-state index contributed by atoms with van der Waals surface area (Å²) in [6, 6.07) is 9.79. The number of rotatable bonds is 10. The van der Waals surface area contributed by atoms with Crippen LogP contribution in [0.4, 0.5) is 0 Å². The second-order valence-electron chi connectivity index (χ2n) is 4.96. The minimum absolute atomic E-state index is 0.0460. The van der Waals surface area contributed by atoms with Crippen LogP contribution in [0.3, 0.4) is 0 Å². The monoisotopic (exact) mass is 315 g/mol. The molecule has 0 radical (unpaired) electrons. The fraction of sp³-hybridized carbons (Fsp3) is 0.600. The molecule has 1 unspecified atom stereocenters. The molecule has 120 valence electrons. The highest BCUT2D eigenvalue weighted by Gasteiger charge is 2.38. The van der Waals surface area contributed by atoms with Crippen LogP contribution in [0.1, 0.15) is 33.3 Å². The molecule has 6 heteroatoms. The Kier molecular flexibility index (Phi) is 8.15. The lowest BCUT2D eigenvalue weighted by atomic mass is 10.2. The van der Waals surface area contributed by atoms with Crippen LogP contribution < -0.4 is 5.48 Å². The zero-order chi connectivity index (χ0) is 15.7. The van der Waals surface area contributed by atoms with E-state index in [-0.39, 0.29) is 5.92 Å². The average Bonchev–Trinajstić information content (AvgIpc) is 2.44. The largest absolute Gasteiger partial charge is 0.349 e. The SMILES string of the molecule is CCOP(=O)(OCC)C(NOCc1ccccc1)C(C)C. The maximum absolute atomic E-state index is 12.8. The van der Waals surface area contributed by atoms with E-state index < -0.39 is 13.4 Å². The summed E-state index contributed by atoms with van der Waals surface area (Å²) in [5, 5.41) is 0. The van der Waals surface area contributed by atoms with Crippen LogP contribution in [0.5, 0.6) is 0 Å². The van der Waals surface area contributed by atoms with E-state index in [0.29, 0.717) is 19.8 Å². The van der Waals surface area contributed by atoms with Crippen molar-refractivity contribution in [1.29, 1.82) is 0 Å². The van der Waals surface area contributed by atoms with Gasteiger partial charge in [0.25, 0.3) is 0 Å². The Balaban J connectivity index is 2.65. The molecule has 0 saturated carbocycles. The van der Waals surface area contributed by atoms with Crippen molar-refractivity contribution >= 4 is 7.60 Å². The van der Waals surface area contributed by atoms with Gasteiger partial charge in [0.15, 0.2) is 0 Å². The Morgan fingerprint density at radius 1 is 1.10 bits per heavy atom. The van der Waals surface area contributed by atoms with E-state index >= 15 is 0 Å². The van der Waals surface area contributed by atoms with E-state index in [0.717, 1.165) is 5.56 Å². The quantitative estimate of drug-likeness (QED) is 0.523. The summed E-state index contributed by atoms with van der Waals surface area (Å²) in [7, 11) is -3.24. The van der Waals surface area contributed by atoms with Gasteiger partial charge in [0.2, 0.25) is 0 Å². The maximum atomic E-state index is 12.8. The highest BCUT2D eigenvalue weighted by molar-refractivity contribution is 7.54. The van der Waals surface area contributed by atoms with Crippen LogP contribution in [0.2, 0.25) is 0 Å². The van der Waals surface area contributed by atoms with E-state index in [1.807, 2.05) is 44.2 Å². The van der Waals surface area contributed by atoms with Crippen LogP contribution in [-0.4, -0.2) is 19.0 Å². The highest BCUT2D eigenvalue weighted by Crippen LogP contribution is 2.54. The molecule has 1 atom stereocenters. The molecule has 5 nitrogen and oxygen atoms in total. The molecule has 0 saturated heterocycles. The van der Waals surface area contributed by atoms with Crippen molar-refractivity contribution in [3.63, 3.8) is 0 Å². The Morgan fingerprint density at radius 2 is 1.67 bits per heavy atom. The van der Waals surface area contributed by atoms with Crippen molar-refractivity contribution in [2.45, 2.75) is 40.1 Å². The summed E-state index contributed by atoms with van der Waals surface area (Å²) in [6.07, 6.45) is 0. The van der Waals surface area contributed by atoms with Crippen molar-refractivity contribution in [2.75, 3.05) is 13.2 Å². The third-order valence-corrected chi connectivity index (χ3v) is 5.50. The van der Waals surface area contributed by atoms with Crippen molar-refractivity contribution in [1.82, 2.24) is 5.48 Å². The first kappa shape index (κ1) is 18.3. The van der Waals surface area contributed by atoms with Gasteiger partial charge in [-0.05, 0) is 25.3 Å². The third kappa shape index (κ3) is 5.89. The van der Waals surface area contributed by atoms with Crippen LogP contribution in [0, 0.1) is 5.92 Å². The number of nitrogens with one attached hydrogen (secondary N) is 1. The smallest absolute Gasteiger partial charge is 0.308 e. The predicted molar refractivity (Wildman–Crippen MR) is 83.9 cm³/mol. The maximum Gasteiger partial charge on any atom is 0.349 e. The minimum atomic E-state index is -3.24. The summed E-state index contributed by atoms with van der Waals surface area (Å²) in [5.41, 5.74) is 3.90. The Bertz CT molecular complexity index is 429. The summed E-state index contributed by atoms with van der Waals surface area (Å²) >= 11 is 0. The van der Waals surface area contributed by atoms with Gasteiger partial charge in [-0.1, -0.05) is 44.2 Å². The first-order chi connectivity index (χ1) is 10.0. The van der Waals surface area contributed by atoms with Crippen molar-refractivity contribution in [3.8, 4) is 0 Å². The van der Waals surface area contributed by atoms with E-state index in [4.69, 9.17) is 13.9 Å². The van der Waals surface area contributed by atoms with Gasteiger partial charge in [-0.25, -0.2) is 0 Å². The molecular weight excluding hydrogens is 289 g/mol. The standard InChI is InChI=1S/C15H26NO4P/c1-5-19-21(17,20-6-2)15(13(3)4)16-18-12-14-10-8-7-9-11-14/h7-11,13,15-16H,5-6,12H2,1-4H3. The summed E-state index contributed by atoms with van der Waals surface area (Å²) in [6.45, 7) is 8.56. The minimum Gasteiger partial charge on any atom is -0.308 e. The molecule has 21 heavy (non-hydrogen) atoms. The van der Waals surface area contributed by atoms with Crippen LogP contribution in [-0.2, 0) is 25.1 Å². The fourth-order valence-electron chi connectivity index (χ4n) is 1.91. The van der Waals surface area contributed by atoms with E-state index in [9.17, 15) is 4.57 Å². The molecule has 1 rings (SSSR count). The summed E-state index contributed by atoms with van der Waals surface area (Å²) in [4.78, 5) is 5.50. The third-order valence-electron chi connectivity index (χ3n) is 2.88. The second-order valence-corrected chi connectivity index (χ2v) is 7.11. The molecule has 0 aliphatic rings. The van der Waals surface area contributed by atoms with Gasteiger partial charge in [-0.2, -0.15) is 5.48 Å². The Morgan fingerprint density at radius 3 is 2.14 bits per heavy atom. The number of benzene rings is 1. The molecule has 1 aromatic rings. The van der Waals surface area contributed by atoms with E-state index in [1.54, 1.807) is 13.8 Å². The average molecular weight is 315 g/mol. The summed E-state index contributed by atoms with van der Waals surface area (Å²) < 4.78 is 23.6. The molecule has 1 N–H and O–H groups in total. The molecule has 0 fully saturated rings. The molecule has 0 bridgehead atoms. The Labute approximate surface area is 127 Å². The van der Waals surface area contributed by atoms with Gasteiger partial charge in [0.05, 0.1) is 19.8 Å². The lowest BCUT2D eigenvalue weighted by Crippen LogP contribution is -2.35. The molecule has 0 aliphatic carbocycles. The van der Waals surface area contributed by atoms with Crippen LogP contribution in [0.15, 0.2) is 30.3 Å². The lowest BCUT2D eigenvalue weighted by molar-refractivity contribution is 0.00343. The van der Waals surface area contributed by atoms with Gasteiger partial charge in [-0.3, -0.25) is 9.40 Å². The molecule has 0 amide bonds. The highest BCUT2D eigenvalue weighted by atomic mass is 31.2. The Hall–Kier alpha value is -0.710. The predicted octanol–water partition coefficient (Wildman–Crippen LogP) is 3.96. The van der Waals surface area contributed by atoms with Gasteiger partial charge < -0.3 is 9.05 Å². The van der Waals surface area contributed by atoms with E-state index in [1.165, 1.54) is 0 Å². The number of hydrogen-bond acceptors (Lipinski definition) is 5. The van der Waals surface area contributed by atoms with Gasteiger partial charge in [-0.15, -0.1) is 0 Å². The molecule has 1 aromatic carbocycles. The molecule has 0 aliphatic heterocycles. The normalized spacial score (nSPS) is 13.6. The number of hydroxylamine groups is 1. The zero-order valence-electron chi connectivity index (χ0n) is 13.2. The van der Waals surface area contributed by atoms with Crippen molar-refractivity contribution in [3.05, 3.63) is 35.9 Å². The molecular formula is C15H26NO4P. The van der Waals surface area contributed by atoms with Crippen molar-refractivity contribution < 1.29 is 18.5 Å². The number of hydrogen-bond donors (Lipinski definition) is 1.